The second-order valence-corrected chi connectivity index (χ2v) is 15.8. The van der Waals surface area contributed by atoms with Gasteiger partial charge in [-0.3, -0.25) is 0 Å². The first-order valence-electron chi connectivity index (χ1n) is 20.3. The van der Waals surface area contributed by atoms with Crippen molar-refractivity contribution >= 4 is 0 Å². The van der Waals surface area contributed by atoms with Crippen LogP contribution in [0.15, 0.2) is 116 Å². The molecule has 0 bridgehead atoms. The fourth-order valence-electron chi connectivity index (χ4n) is 6.58. The van der Waals surface area contributed by atoms with Crippen LogP contribution in [0, 0.1) is 0 Å². The molecule has 53 heavy (non-hydrogen) atoms. The molecule has 0 heterocycles. The molecule has 0 saturated heterocycles. The van der Waals surface area contributed by atoms with E-state index in [2.05, 4.69) is 111 Å². The lowest BCUT2D eigenvalue weighted by Gasteiger charge is -2.30. The van der Waals surface area contributed by atoms with E-state index in [4.69, 9.17) is 9.47 Å². The van der Waals surface area contributed by atoms with E-state index in [1.54, 1.807) is 0 Å². The molecule has 2 atom stereocenters. The Morgan fingerprint density at radius 3 is 0.981 bits per heavy atom. The lowest BCUT2D eigenvalue weighted by molar-refractivity contribution is 0.0794. The average molecular weight is 731 g/mol. The Hall–Kier alpha value is -3.08. The number of allylic oxidation sites excluding steroid dienone is 16. The maximum absolute atomic E-state index is 10.8. The summed E-state index contributed by atoms with van der Waals surface area (Å²) in [5.41, 5.74) is 13.1. The summed E-state index contributed by atoms with van der Waals surface area (Å²) in [5.74, 6) is 0.570. The first kappa shape index (κ1) is 47.9. The molecular weight excluding hydrogens is 653 g/mol. The number of rotatable bonds is 25. The molecule has 4 heteroatoms. The number of hydrogen-bond donors (Lipinski definition) is 2. The number of hydrogen-bond acceptors (Lipinski definition) is 4. The zero-order valence-electron chi connectivity index (χ0n) is 36.1. The van der Waals surface area contributed by atoms with Gasteiger partial charge in [0, 0.05) is 0 Å². The highest BCUT2D eigenvalue weighted by Crippen LogP contribution is 2.33. The monoisotopic (exact) mass is 731 g/mol. The lowest BCUT2D eigenvalue weighted by atomic mass is 9.88. The van der Waals surface area contributed by atoms with Crippen LogP contribution in [0.4, 0.5) is 0 Å². The number of methoxy groups -OCH3 is 2. The SMILES string of the molecule is COC1=C(OC)C(O)C(C/C=C(\C)CC/C=C(\C)CC/C=C(\C)CC/C=C(\C)CC/C=C(\C)CC/C=C(\C)CC/C=C(\C)CCC=C(C)C)=C(C)C1O. The Morgan fingerprint density at radius 1 is 0.434 bits per heavy atom. The summed E-state index contributed by atoms with van der Waals surface area (Å²) >= 11 is 0. The summed E-state index contributed by atoms with van der Waals surface area (Å²) in [6.45, 7) is 22.0. The van der Waals surface area contributed by atoms with Gasteiger partial charge >= 0.3 is 0 Å². The third kappa shape index (κ3) is 20.8. The number of aliphatic hydroxyl groups excluding tert-OH is 2. The Kier molecular flexibility index (Phi) is 24.9. The Morgan fingerprint density at radius 2 is 0.698 bits per heavy atom. The van der Waals surface area contributed by atoms with Gasteiger partial charge in [-0.15, -0.1) is 0 Å². The molecule has 0 aliphatic heterocycles. The molecule has 298 valence electrons. The van der Waals surface area contributed by atoms with E-state index >= 15 is 0 Å². The van der Waals surface area contributed by atoms with Gasteiger partial charge in [-0.1, -0.05) is 93.2 Å². The molecule has 0 spiro atoms. The van der Waals surface area contributed by atoms with Crippen LogP contribution in [-0.2, 0) is 9.47 Å². The van der Waals surface area contributed by atoms with Crippen molar-refractivity contribution in [2.45, 2.75) is 178 Å². The molecule has 0 aromatic carbocycles. The maximum Gasteiger partial charge on any atom is 0.169 e. The normalized spacial score (nSPS) is 18.6. The van der Waals surface area contributed by atoms with Crippen LogP contribution < -0.4 is 0 Å². The molecule has 0 radical (unpaired) electrons. The van der Waals surface area contributed by atoms with E-state index in [9.17, 15) is 10.2 Å². The first-order chi connectivity index (χ1) is 25.2. The zero-order chi connectivity index (χ0) is 39.8. The van der Waals surface area contributed by atoms with Gasteiger partial charge in [0.15, 0.2) is 11.5 Å². The van der Waals surface area contributed by atoms with Gasteiger partial charge in [0.25, 0.3) is 0 Å². The van der Waals surface area contributed by atoms with Crippen LogP contribution in [-0.4, -0.2) is 36.6 Å². The van der Waals surface area contributed by atoms with Crippen molar-refractivity contribution in [3.8, 4) is 0 Å². The fraction of sp³-hybridized carbons (Fsp3) is 0.592. The second-order valence-electron chi connectivity index (χ2n) is 15.8. The molecule has 0 amide bonds. The van der Waals surface area contributed by atoms with Crippen molar-refractivity contribution in [2.24, 2.45) is 0 Å². The lowest BCUT2D eigenvalue weighted by Crippen LogP contribution is -2.31. The molecule has 0 aromatic rings. The van der Waals surface area contributed by atoms with Crippen molar-refractivity contribution in [1.82, 2.24) is 0 Å². The highest BCUT2D eigenvalue weighted by Gasteiger charge is 2.34. The van der Waals surface area contributed by atoms with Gasteiger partial charge < -0.3 is 19.7 Å². The molecule has 0 saturated carbocycles. The molecule has 0 aromatic heterocycles. The Bertz CT molecular complexity index is 1430. The van der Waals surface area contributed by atoms with Gasteiger partial charge in [0.1, 0.15) is 12.2 Å². The zero-order valence-corrected chi connectivity index (χ0v) is 36.1. The molecule has 1 aliphatic carbocycles. The van der Waals surface area contributed by atoms with E-state index in [0.717, 1.165) is 88.2 Å². The minimum Gasteiger partial charge on any atom is -0.494 e. The standard InChI is InChI=1S/C49H78O4/c1-36(2)20-13-21-37(3)22-14-23-38(4)24-15-25-39(5)26-16-27-40(6)28-17-29-41(7)30-18-31-42(8)32-19-33-43(9)34-35-45-44(10)46(50)48(52-11)49(53-12)47(45)51/h20,22,24,26,28,30,32,34,46-47,50-51H,13-19,21,23,25,27,29,31,33,35H2,1-12H3/b37-22+,38-24+,39-26+,40-28+,41-30+,42-32+,43-34+. The predicted molar refractivity (Wildman–Crippen MR) is 231 cm³/mol. The van der Waals surface area contributed by atoms with Crippen LogP contribution in [0.2, 0.25) is 0 Å². The molecule has 2 N–H and O–H groups in total. The summed E-state index contributed by atoms with van der Waals surface area (Å²) in [4.78, 5) is 0. The van der Waals surface area contributed by atoms with Crippen molar-refractivity contribution in [3.05, 3.63) is 116 Å². The molecule has 1 aliphatic rings. The van der Waals surface area contributed by atoms with E-state index in [1.807, 2.05) is 6.92 Å². The van der Waals surface area contributed by atoms with Gasteiger partial charge in [0.05, 0.1) is 14.2 Å². The molecule has 4 nitrogen and oxygen atoms in total. The predicted octanol–water partition coefficient (Wildman–Crippen LogP) is 14.0. The minimum atomic E-state index is -0.902. The second kappa shape index (κ2) is 27.5. The van der Waals surface area contributed by atoms with Crippen LogP contribution in [0.1, 0.15) is 166 Å². The van der Waals surface area contributed by atoms with Crippen LogP contribution in [0.3, 0.4) is 0 Å². The van der Waals surface area contributed by atoms with Crippen molar-refractivity contribution in [1.29, 1.82) is 0 Å². The van der Waals surface area contributed by atoms with E-state index in [0.29, 0.717) is 6.42 Å². The minimum absolute atomic E-state index is 0.282. The van der Waals surface area contributed by atoms with Crippen LogP contribution >= 0.6 is 0 Å². The number of ether oxygens (including phenoxy) is 2. The molecule has 2 unspecified atom stereocenters. The van der Waals surface area contributed by atoms with Gasteiger partial charge in [-0.2, -0.15) is 0 Å². The van der Waals surface area contributed by atoms with Gasteiger partial charge in [0.2, 0.25) is 0 Å². The highest BCUT2D eigenvalue weighted by molar-refractivity contribution is 5.39. The summed E-state index contributed by atoms with van der Waals surface area (Å²) in [7, 11) is 2.98. The van der Waals surface area contributed by atoms with Gasteiger partial charge in [-0.25, -0.2) is 0 Å². The van der Waals surface area contributed by atoms with E-state index in [-0.39, 0.29) is 11.5 Å². The Balaban J connectivity index is 2.34. The topological polar surface area (TPSA) is 58.9 Å². The highest BCUT2D eigenvalue weighted by atomic mass is 16.5. The quantitative estimate of drug-likeness (QED) is 0.0918. The summed E-state index contributed by atoms with van der Waals surface area (Å²) in [6, 6.07) is 0. The number of aliphatic hydroxyl groups is 2. The molecule has 0 fully saturated rings. The van der Waals surface area contributed by atoms with Crippen LogP contribution in [0.5, 0.6) is 0 Å². The average Bonchev–Trinajstić information content (AvgIpc) is 3.09. The molecule has 1 rings (SSSR count). The summed E-state index contributed by atoms with van der Waals surface area (Å²) in [6.07, 6.45) is 33.5. The third-order valence-corrected chi connectivity index (χ3v) is 10.4. The van der Waals surface area contributed by atoms with Crippen LogP contribution in [0.25, 0.3) is 0 Å². The van der Waals surface area contributed by atoms with Gasteiger partial charge in [-0.05, 0) is 177 Å². The van der Waals surface area contributed by atoms with E-state index in [1.165, 1.54) is 71.6 Å². The summed E-state index contributed by atoms with van der Waals surface area (Å²) < 4.78 is 10.6. The maximum atomic E-state index is 10.8. The smallest absolute Gasteiger partial charge is 0.169 e. The molecular formula is C49H78O4. The van der Waals surface area contributed by atoms with Crippen molar-refractivity contribution in [3.63, 3.8) is 0 Å². The van der Waals surface area contributed by atoms with E-state index < -0.39 is 12.2 Å². The summed E-state index contributed by atoms with van der Waals surface area (Å²) in [5, 5.41) is 21.4. The van der Waals surface area contributed by atoms with Crippen molar-refractivity contribution < 1.29 is 19.7 Å². The third-order valence-electron chi connectivity index (χ3n) is 10.4. The largest absolute Gasteiger partial charge is 0.494 e. The Labute approximate surface area is 326 Å². The van der Waals surface area contributed by atoms with Crippen molar-refractivity contribution in [2.75, 3.05) is 14.2 Å². The first-order valence-corrected chi connectivity index (χ1v) is 20.3. The fourth-order valence-corrected chi connectivity index (χ4v) is 6.58.